The summed E-state index contributed by atoms with van der Waals surface area (Å²) in [7, 11) is 1.64. The van der Waals surface area contributed by atoms with Crippen molar-refractivity contribution in [1.82, 2.24) is 0 Å². The number of carbonyl (C=O) groups excluding carboxylic acids is 1. The molecule has 1 aliphatic carbocycles. The van der Waals surface area contributed by atoms with Crippen LogP contribution < -0.4 is 9.47 Å². The molecular weight excluding hydrogens is 296 g/mol. The molecule has 18 heavy (non-hydrogen) atoms. The summed E-state index contributed by atoms with van der Waals surface area (Å²) in [4.78, 5) is 10.5. The lowest BCUT2D eigenvalue weighted by Crippen LogP contribution is -2.25. The van der Waals surface area contributed by atoms with Gasteiger partial charge in [-0.2, -0.15) is 0 Å². The molecule has 1 aliphatic rings. The predicted octanol–water partition coefficient (Wildman–Crippen LogP) is 3.52. The molecule has 3 nitrogen and oxygen atoms in total. The highest BCUT2D eigenvalue weighted by molar-refractivity contribution is 9.10. The molecule has 0 amide bonds. The van der Waals surface area contributed by atoms with Crippen molar-refractivity contribution in [2.75, 3.05) is 7.11 Å². The molecule has 0 heterocycles. The minimum Gasteiger partial charge on any atom is -0.493 e. The smallest absolute Gasteiger partial charge is 0.164 e. The normalized spacial score (nSPS) is 15.0. The van der Waals surface area contributed by atoms with Crippen molar-refractivity contribution >= 4 is 22.2 Å². The van der Waals surface area contributed by atoms with Gasteiger partial charge in [-0.05, 0) is 43.4 Å². The second-order valence-electron chi connectivity index (χ2n) is 4.47. The van der Waals surface area contributed by atoms with Gasteiger partial charge in [0.15, 0.2) is 11.5 Å². The number of ether oxygens (including phenoxy) is 2. The second-order valence-corrected chi connectivity index (χ2v) is 5.39. The molecule has 98 valence electrons. The number of aldehydes is 1. The van der Waals surface area contributed by atoms with Gasteiger partial charge >= 0.3 is 0 Å². The van der Waals surface area contributed by atoms with Crippen LogP contribution in [0.5, 0.6) is 11.5 Å². The highest BCUT2D eigenvalue weighted by Gasteiger charge is 2.22. The first kappa shape index (κ1) is 13.4. The molecule has 0 aliphatic heterocycles. The van der Waals surface area contributed by atoms with Gasteiger partial charge in [-0.25, -0.2) is 0 Å². The summed E-state index contributed by atoms with van der Waals surface area (Å²) >= 11 is 3.45. The van der Waals surface area contributed by atoms with E-state index >= 15 is 0 Å². The molecule has 0 bridgehead atoms. The van der Waals surface area contributed by atoms with Crippen LogP contribution in [0, 0.1) is 0 Å². The maximum absolute atomic E-state index is 10.5. The van der Waals surface area contributed by atoms with Crippen LogP contribution in [-0.2, 0) is 11.2 Å². The topological polar surface area (TPSA) is 35.5 Å². The summed E-state index contributed by atoms with van der Waals surface area (Å²) in [5, 5.41) is 0. The zero-order chi connectivity index (χ0) is 13.0. The maximum Gasteiger partial charge on any atom is 0.164 e. The Kier molecular flexibility index (Phi) is 4.64. The third-order valence-electron chi connectivity index (χ3n) is 3.18. The number of aryl methyl sites for hydroxylation is 1. The lowest BCUT2D eigenvalue weighted by atomic mass is 9.96. The molecule has 1 aromatic carbocycles. The number of halogens is 1. The van der Waals surface area contributed by atoms with Crippen molar-refractivity contribution in [2.45, 2.75) is 38.2 Å². The number of methoxy groups -OCH3 is 1. The Bertz CT molecular complexity index is 427. The Morgan fingerprint density at radius 2 is 2.22 bits per heavy atom. The van der Waals surface area contributed by atoms with Crippen LogP contribution in [-0.4, -0.2) is 19.5 Å². The number of hydrogen-bond acceptors (Lipinski definition) is 3. The first-order valence-electron chi connectivity index (χ1n) is 6.21. The zero-order valence-corrected chi connectivity index (χ0v) is 12.0. The lowest BCUT2D eigenvalue weighted by Gasteiger charge is -2.28. The van der Waals surface area contributed by atoms with Crippen molar-refractivity contribution in [1.29, 1.82) is 0 Å². The fourth-order valence-corrected chi connectivity index (χ4v) is 2.45. The Labute approximate surface area is 116 Å². The molecule has 1 aromatic rings. The highest BCUT2D eigenvalue weighted by Crippen LogP contribution is 2.38. The van der Waals surface area contributed by atoms with Gasteiger partial charge in [0.2, 0.25) is 0 Å². The molecule has 1 fully saturated rings. The Morgan fingerprint density at radius 3 is 2.78 bits per heavy atom. The van der Waals surface area contributed by atoms with E-state index in [1.807, 2.05) is 12.1 Å². The van der Waals surface area contributed by atoms with Crippen LogP contribution in [0.4, 0.5) is 0 Å². The zero-order valence-electron chi connectivity index (χ0n) is 10.4. The van der Waals surface area contributed by atoms with Crippen LogP contribution in [0.3, 0.4) is 0 Å². The summed E-state index contributed by atoms with van der Waals surface area (Å²) in [6.45, 7) is 0. The molecule has 0 saturated heterocycles. The van der Waals surface area contributed by atoms with E-state index in [2.05, 4.69) is 15.9 Å². The lowest BCUT2D eigenvalue weighted by molar-refractivity contribution is -0.107. The number of benzene rings is 1. The van der Waals surface area contributed by atoms with Crippen molar-refractivity contribution in [3.05, 3.63) is 22.2 Å². The van der Waals surface area contributed by atoms with E-state index in [4.69, 9.17) is 9.47 Å². The molecule has 0 N–H and O–H groups in total. The number of carbonyl (C=O) groups is 1. The first-order chi connectivity index (χ1) is 8.74. The predicted molar refractivity (Wildman–Crippen MR) is 73.3 cm³/mol. The fourth-order valence-electron chi connectivity index (χ4n) is 1.96. The molecular formula is C14H17BrO3. The van der Waals surface area contributed by atoms with Crippen LogP contribution in [0.2, 0.25) is 0 Å². The van der Waals surface area contributed by atoms with Gasteiger partial charge in [-0.1, -0.05) is 15.9 Å². The number of hydrogen-bond donors (Lipinski definition) is 0. The van der Waals surface area contributed by atoms with Crippen LogP contribution in [0.1, 0.15) is 31.2 Å². The summed E-state index contributed by atoms with van der Waals surface area (Å²) in [5.74, 6) is 1.53. The van der Waals surface area contributed by atoms with Crippen molar-refractivity contribution < 1.29 is 14.3 Å². The monoisotopic (exact) mass is 312 g/mol. The van der Waals surface area contributed by atoms with Gasteiger partial charge in [0, 0.05) is 10.9 Å². The van der Waals surface area contributed by atoms with E-state index in [-0.39, 0.29) is 0 Å². The SMILES string of the molecule is COc1cc(Br)cc(CCC=O)c1OC1CCC1. The Hall–Kier alpha value is -1.03. The average Bonchev–Trinajstić information content (AvgIpc) is 2.31. The first-order valence-corrected chi connectivity index (χ1v) is 7.00. The van der Waals surface area contributed by atoms with E-state index in [1.165, 1.54) is 6.42 Å². The minimum atomic E-state index is 0.301. The van der Waals surface area contributed by atoms with E-state index in [1.54, 1.807) is 7.11 Å². The van der Waals surface area contributed by atoms with Crippen molar-refractivity contribution in [3.8, 4) is 11.5 Å². The molecule has 0 spiro atoms. The van der Waals surface area contributed by atoms with Crippen LogP contribution >= 0.6 is 15.9 Å². The molecule has 2 rings (SSSR count). The van der Waals surface area contributed by atoms with Crippen molar-refractivity contribution in [3.63, 3.8) is 0 Å². The molecule has 0 unspecified atom stereocenters. The summed E-state index contributed by atoms with van der Waals surface area (Å²) < 4.78 is 12.3. The standard InChI is InChI=1S/C14H17BrO3/c1-17-13-9-11(15)8-10(4-3-7-16)14(13)18-12-5-2-6-12/h7-9,12H,2-6H2,1H3. The molecule has 4 heteroatoms. The van der Waals surface area contributed by atoms with Crippen molar-refractivity contribution in [2.24, 2.45) is 0 Å². The number of rotatable bonds is 6. The third-order valence-corrected chi connectivity index (χ3v) is 3.64. The van der Waals surface area contributed by atoms with Crippen LogP contribution in [0.15, 0.2) is 16.6 Å². The van der Waals surface area contributed by atoms with E-state index < -0.39 is 0 Å². The Balaban J connectivity index is 2.27. The van der Waals surface area contributed by atoms with Gasteiger partial charge in [0.25, 0.3) is 0 Å². The largest absolute Gasteiger partial charge is 0.493 e. The molecule has 0 atom stereocenters. The Morgan fingerprint density at radius 1 is 1.44 bits per heavy atom. The molecule has 0 aromatic heterocycles. The second kappa shape index (κ2) is 6.23. The quantitative estimate of drug-likeness (QED) is 0.754. The van der Waals surface area contributed by atoms with Gasteiger partial charge in [0.05, 0.1) is 13.2 Å². The fraction of sp³-hybridized carbons (Fsp3) is 0.500. The van der Waals surface area contributed by atoms with E-state index in [0.717, 1.165) is 40.7 Å². The van der Waals surface area contributed by atoms with E-state index in [9.17, 15) is 4.79 Å². The minimum absolute atomic E-state index is 0.301. The summed E-state index contributed by atoms with van der Waals surface area (Å²) in [5.41, 5.74) is 1.03. The third kappa shape index (κ3) is 3.05. The van der Waals surface area contributed by atoms with E-state index in [0.29, 0.717) is 18.9 Å². The van der Waals surface area contributed by atoms with Gasteiger partial charge in [0.1, 0.15) is 6.29 Å². The summed E-state index contributed by atoms with van der Waals surface area (Å²) in [6, 6.07) is 3.90. The maximum atomic E-state index is 10.5. The van der Waals surface area contributed by atoms with Crippen LogP contribution in [0.25, 0.3) is 0 Å². The highest BCUT2D eigenvalue weighted by atomic mass is 79.9. The summed E-state index contributed by atoms with van der Waals surface area (Å²) in [6.07, 6.45) is 5.85. The van der Waals surface area contributed by atoms with Gasteiger partial charge in [-0.15, -0.1) is 0 Å². The van der Waals surface area contributed by atoms with Gasteiger partial charge < -0.3 is 14.3 Å². The molecule has 1 saturated carbocycles. The van der Waals surface area contributed by atoms with Gasteiger partial charge in [-0.3, -0.25) is 0 Å². The molecule has 0 radical (unpaired) electrons. The average molecular weight is 313 g/mol.